The van der Waals surface area contributed by atoms with Crippen molar-refractivity contribution >= 4 is 29.3 Å². The summed E-state index contributed by atoms with van der Waals surface area (Å²) in [6.07, 6.45) is 0. The molecule has 15 heteroatoms. The Kier molecular flexibility index (Phi) is 8.79. The van der Waals surface area contributed by atoms with Crippen molar-refractivity contribution in [3.05, 3.63) is 0 Å². The predicted molar refractivity (Wildman–Crippen MR) is 69.2 cm³/mol. The zero-order valence-electron chi connectivity index (χ0n) is 12.3. The van der Waals surface area contributed by atoms with E-state index < -0.39 is 40.3 Å². The predicted octanol–water partition coefficient (Wildman–Crippen LogP) is 2.45. The zero-order valence-corrected chi connectivity index (χ0v) is 15.1. The molecular formula is C8H15F6O6S2Si-. The fraction of sp³-hybridized carbons (Fsp3) is 1.00. The lowest BCUT2D eigenvalue weighted by molar-refractivity contribution is -0.0519. The summed E-state index contributed by atoms with van der Waals surface area (Å²) in [4.78, 5) is 0. The van der Waals surface area contributed by atoms with Gasteiger partial charge in [-0.3, -0.25) is 0 Å². The van der Waals surface area contributed by atoms with Crippen molar-refractivity contribution in [3.8, 4) is 0 Å². The molecule has 0 aromatic carbocycles. The molecule has 0 radical (unpaired) electrons. The molecule has 6 nitrogen and oxygen atoms in total. The van der Waals surface area contributed by atoms with E-state index in [0.29, 0.717) is 0 Å². The molecule has 0 spiro atoms. The highest BCUT2D eigenvalue weighted by Crippen LogP contribution is 2.30. The largest absolute Gasteiger partial charge is 0.741 e. The van der Waals surface area contributed by atoms with Gasteiger partial charge < -0.3 is 8.42 Å². The molecule has 23 heavy (non-hydrogen) atoms. The Balaban J connectivity index is 0. The van der Waals surface area contributed by atoms with Crippen LogP contribution in [0.3, 0.4) is 0 Å². The first-order valence-electron chi connectivity index (χ1n) is 5.75. The molecule has 0 unspecified atom stereocenters. The van der Waals surface area contributed by atoms with Gasteiger partial charge in [0.25, 0.3) is 0 Å². The lowest BCUT2D eigenvalue weighted by Crippen LogP contribution is -2.35. The summed E-state index contributed by atoms with van der Waals surface area (Å²) in [5.74, 6) is 0. The highest BCUT2D eigenvalue weighted by Gasteiger charge is 2.49. The van der Waals surface area contributed by atoms with Gasteiger partial charge in [-0.25, -0.2) is 8.42 Å². The van der Waals surface area contributed by atoms with Crippen molar-refractivity contribution in [2.75, 3.05) is 0 Å². The van der Waals surface area contributed by atoms with Gasteiger partial charge >= 0.3 is 21.1 Å². The maximum absolute atomic E-state index is 12.0. The van der Waals surface area contributed by atoms with Gasteiger partial charge in [0.15, 0.2) is 10.1 Å². The number of halogens is 6. The molecular weight excluding hydrogens is 398 g/mol. The lowest BCUT2D eigenvalue weighted by atomic mass is 10.5. The van der Waals surface area contributed by atoms with E-state index in [4.69, 9.17) is 13.0 Å². The van der Waals surface area contributed by atoms with Crippen LogP contribution in [0, 0.1) is 0 Å². The molecule has 0 aliphatic rings. The molecule has 0 saturated carbocycles. The van der Waals surface area contributed by atoms with Crippen LogP contribution >= 0.6 is 0 Å². The number of hydrogen-bond acceptors (Lipinski definition) is 6. The maximum Gasteiger partial charge on any atom is 0.522 e. The van der Waals surface area contributed by atoms with Crippen molar-refractivity contribution in [1.82, 2.24) is 0 Å². The third kappa shape index (κ3) is 8.87. The zero-order chi connectivity index (χ0) is 19.4. The molecule has 0 amide bonds. The van der Waals surface area contributed by atoms with Crippen LogP contribution < -0.4 is 0 Å². The monoisotopic (exact) mass is 413 g/mol. The van der Waals surface area contributed by atoms with Crippen LogP contribution in [-0.4, -0.2) is 41.4 Å². The molecule has 0 aromatic rings. The average Bonchev–Trinajstić information content (AvgIpc) is 2.21. The van der Waals surface area contributed by atoms with E-state index in [1.54, 1.807) is 27.7 Å². The van der Waals surface area contributed by atoms with Crippen molar-refractivity contribution < 1.29 is 51.6 Å². The van der Waals surface area contributed by atoms with E-state index in [1.165, 1.54) is 0 Å². The van der Waals surface area contributed by atoms with E-state index >= 15 is 0 Å². The maximum atomic E-state index is 12.0. The van der Waals surface area contributed by atoms with Gasteiger partial charge in [-0.15, -0.1) is 0 Å². The van der Waals surface area contributed by atoms with Gasteiger partial charge in [-0.1, -0.05) is 27.7 Å². The third-order valence-electron chi connectivity index (χ3n) is 2.12. The minimum Gasteiger partial charge on any atom is -0.741 e. The molecule has 0 heterocycles. The standard InChI is InChI=1S/C7H15F3O3SSi.CHF3O3S/c1-5(2)15(6(3)4)13-14(11,12)7(8,9)10;2-1(3,4)8(5,6)7/h5-6,15H,1-4H3;(H,5,6,7)/p-1. The molecule has 142 valence electrons. The summed E-state index contributed by atoms with van der Waals surface area (Å²) in [7, 11) is -13.9. The Hall–Kier alpha value is -0.383. The van der Waals surface area contributed by atoms with Gasteiger partial charge in [0, 0.05) is 0 Å². The Bertz CT molecular complexity index is 557. The van der Waals surface area contributed by atoms with Crippen molar-refractivity contribution in [2.24, 2.45) is 0 Å². The first-order chi connectivity index (χ1) is 9.74. The summed E-state index contributed by atoms with van der Waals surface area (Å²) < 4.78 is 121. The van der Waals surface area contributed by atoms with Crippen LogP contribution in [0.5, 0.6) is 0 Å². The van der Waals surface area contributed by atoms with Crippen molar-refractivity contribution in [1.29, 1.82) is 0 Å². The number of hydrogen-bond donors (Lipinski definition) is 0. The molecule has 0 bridgehead atoms. The highest BCUT2D eigenvalue weighted by atomic mass is 32.2. The molecule has 0 aromatic heterocycles. The van der Waals surface area contributed by atoms with Gasteiger partial charge in [0.1, 0.15) is 0 Å². The second-order valence-electron chi connectivity index (χ2n) is 4.85. The van der Waals surface area contributed by atoms with Gasteiger partial charge in [-0.2, -0.15) is 34.8 Å². The van der Waals surface area contributed by atoms with E-state index in [2.05, 4.69) is 3.87 Å². The van der Waals surface area contributed by atoms with Gasteiger partial charge in [0.05, 0.1) is 0 Å². The fourth-order valence-corrected chi connectivity index (χ4v) is 6.12. The number of alkyl halides is 6. The third-order valence-corrected chi connectivity index (χ3v) is 7.78. The summed E-state index contributed by atoms with van der Waals surface area (Å²) in [5, 5.41) is 0. The smallest absolute Gasteiger partial charge is 0.522 e. The van der Waals surface area contributed by atoms with E-state index in [-0.39, 0.29) is 11.1 Å². The van der Waals surface area contributed by atoms with E-state index in [1.807, 2.05) is 0 Å². The van der Waals surface area contributed by atoms with Crippen LogP contribution in [-0.2, 0) is 24.1 Å². The van der Waals surface area contributed by atoms with Crippen molar-refractivity contribution in [3.63, 3.8) is 0 Å². The molecule has 0 rings (SSSR count). The van der Waals surface area contributed by atoms with Crippen LogP contribution in [0.4, 0.5) is 26.3 Å². The summed E-state index contributed by atoms with van der Waals surface area (Å²) in [6, 6.07) is 0. The molecule has 0 aliphatic carbocycles. The van der Waals surface area contributed by atoms with E-state index in [9.17, 15) is 34.8 Å². The average molecular weight is 413 g/mol. The molecule has 0 N–H and O–H groups in total. The highest BCUT2D eigenvalue weighted by molar-refractivity contribution is 7.88. The quantitative estimate of drug-likeness (QED) is 0.304. The summed E-state index contributed by atoms with van der Waals surface area (Å²) >= 11 is 0. The van der Waals surface area contributed by atoms with Gasteiger partial charge in [-0.05, 0) is 11.1 Å². The first-order valence-corrected chi connectivity index (χ1v) is 10.4. The second kappa shape index (κ2) is 8.13. The topological polar surface area (TPSA) is 101 Å². The van der Waals surface area contributed by atoms with Crippen molar-refractivity contribution in [2.45, 2.75) is 49.8 Å². The minimum atomic E-state index is -6.09. The molecule has 0 aliphatic heterocycles. The second-order valence-corrected chi connectivity index (χ2v) is 12.0. The molecule has 0 fully saturated rings. The summed E-state index contributed by atoms with van der Waals surface area (Å²) in [6.45, 7) is 6.68. The van der Waals surface area contributed by atoms with E-state index in [0.717, 1.165) is 0 Å². The Morgan fingerprint density at radius 2 is 1.09 bits per heavy atom. The van der Waals surface area contributed by atoms with Crippen LogP contribution in [0.1, 0.15) is 27.7 Å². The van der Waals surface area contributed by atoms with Crippen LogP contribution in [0.15, 0.2) is 0 Å². The Morgan fingerprint density at radius 1 is 0.826 bits per heavy atom. The minimum absolute atomic E-state index is 0.165. The molecule has 0 saturated heterocycles. The van der Waals surface area contributed by atoms with Crippen LogP contribution in [0.25, 0.3) is 0 Å². The normalized spacial score (nSPS) is 14.2. The lowest BCUT2D eigenvalue weighted by Gasteiger charge is -2.22. The molecule has 0 atom stereocenters. The Morgan fingerprint density at radius 3 is 1.22 bits per heavy atom. The number of rotatable bonds is 4. The van der Waals surface area contributed by atoms with Crippen LogP contribution in [0.2, 0.25) is 11.1 Å². The SMILES string of the molecule is CC(C)[SiH](OS(=O)(=O)C(F)(F)F)C(C)C.O=S(=O)([O-])C(F)(F)F. The fourth-order valence-electron chi connectivity index (χ4n) is 1.19. The summed E-state index contributed by atoms with van der Waals surface area (Å²) in [5.41, 5.74) is -11.3. The van der Waals surface area contributed by atoms with Gasteiger partial charge in [0.2, 0.25) is 9.04 Å². The Labute approximate surface area is 131 Å². The first kappa shape index (κ1) is 24.9.